The van der Waals surface area contributed by atoms with Gasteiger partial charge >= 0.3 is 5.97 Å². The summed E-state index contributed by atoms with van der Waals surface area (Å²) < 4.78 is 10.3. The van der Waals surface area contributed by atoms with E-state index < -0.39 is 65.8 Å². The number of nitrogens with one attached hydrogen (secondary N) is 4. The van der Waals surface area contributed by atoms with Crippen LogP contribution in [-0.4, -0.2) is 115 Å². The standard InChI is InChI=1S/C43H63N5O9/c1-29(2)17-19-35(45-40(52)34(20-18-32-13-9-7-10-14-32)44-38(50)27-48-21-23-56-24-22-48)41(53)47-37(26-33-15-11-8-12-16-33)42(54)46-36(25-30(3)4)39(51)43(6,55)28-57-31(5)49/h7-16,29-30,34-37,55H,17-28H2,1-6H3,(H,44,50)(H,45,52)(H,46,54)(H,47,53)/t34-,35-,36?,37-,43?/m0/s1. The molecule has 1 aliphatic rings. The van der Waals surface area contributed by atoms with Crippen molar-refractivity contribution in [3.8, 4) is 0 Å². The van der Waals surface area contributed by atoms with Crippen molar-refractivity contribution in [1.29, 1.82) is 0 Å². The molecule has 314 valence electrons. The molecule has 4 amide bonds. The highest BCUT2D eigenvalue weighted by molar-refractivity contribution is 5.98. The Morgan fingerprint density at radius 1 is 0.719 bits per heavy atom. The van der Waals surface area contributed by atoms with Gasteiger partial charge in [-0.25, -0.2) is 0 Å². The number of hydrogen-bond acceptors (Lipinski definition) is 10. The summed E-state index contributed by atoms with van der Waals surface area (Å²) in [6.07, 6.45) is 1.86. The predicted molar refractivity (Wildman–Crippen MR) is 216 cm³/mol. The van der Waals surface area contributed by atoms with Crippen LogP contribution in [0.2, 0.25) is 0 Å². The highest BCUT2D eigenvalue weighted by Gasteiger charge is 2.39. The van der Waals surface area contributed by atoms with Gasteiger partial charge in [-0.05, 0) is 62.0 Å². The van der Waals surface area contributed by atoms with Crippen LogP contribution in [0.4, 0.5) is 0 Å². The Morgan fingerprint density at radius 2 is 1.25 bits per heavy atom. The first-order valence-corrected chi connectivity index (χ1v) is 20.0. The average molecular weight is 794 g/mol. The molecule has 1 fully saturated rings. The summed E-state index contributed by atoms with van der Waals surface area (Å²) in [6.45, 7) is 11.9. The Labute approximate surface area is 337 Å². The Balaban J connectivity index is 1.86. The molecule has 2 unspecified atom stereocenters. The second kappa shape index (κ2) is 23.5. The maximum Gasteiger partial charge on any atom is 0.302 e. The number of benzene rings is 2. The molecule has 14 nitrogen and oxygen atoms in total. The summed E-state index contributed by atoms with van der Waals surface area (Å²) in [6, 6.07) is 14.3. The van der Waals surface area contributed by atoms with E-state index in [4.69, 9.17) is 9.47 Å². The largest absolute Gasteiger partial charge is 0.462 e. The molecule has 5 N–H and O–H groups in total. The maximum absolute atomic E-state index is 14.2. The van der Waals surface area contributed by atoms with Crippen LogP contribution in [0.15, 0.2) is 60.7 Å². The van der Waals surface area contributed by atoms with Crippen molar-refractivity contribution in [2.45, 2.75) is 110 Å². The minimum atomic E-state index is -2.09. The molecule has 0 spiro atoms. The minimum absolute atomic E-state index is 0.0625. The van der Waals surface area contributed by atoms with Crippen LogP contribution in [0.5, 0.6) is 0 Å². The number of amides is 4. The number of aliphatic hydroxyl groups is 1. The van der Waals surface area contributed by atoms with Gasteiger partial charge in [-0.1, -0.05) is 88.4 Å². The zero-order valence-electron chi connectivity index (χ0n) is 34.4. The Kier molecular flexibility index (Phi) is 19.3. The van der Waals surface area contributed by atoms with Gasteiger partial charge in [-0.3, -0.25) is 33.7 Å². The molecular weight excluding hydrogens is 730 g/mol. The van der Waals surface area contributed by atoms with Crippen LogP contribution in [0.3, 0.4) is 0 Å². The smallest absolute Gasteiger partial charge is 0.302 e. The number of ether oxygens (including phenoxy) is 2. The fourth-order valence-corrected chi connectivity index (χ4v) is 6.46. The summed E-state index contributed by atoms with van der Waals surface area (Å²) >= 11 is 0. The number of carbonyl (C=O) groups is 6. The molecular formula is C43H63N5O9. The normalized spacial score (nSPS) is 16.4. The highest BCUT2D eigenvalue weighted by Crippen LogP contribution is 2.17. The monoisotopic (exact) mass is 793 g/mol. The Bertz CT molecular complexity index is 1600. The lowest BCUT2D eigenvalue weighted by molar-refractivity contribution is -0.156. The number of hydrogen-bond donors (Lipinski definition) is 5. The average Bonchev–Trinajstić information content (AvgIpc) is 3.17. The van der Waals surface area contributed by atoms with E-state index >= 15 is 0 Å². The molecule has 1 saturated heterocycles. The van der Waals surface area contributed by atoms with Gasteiger partial charge in [-0.2, -0.15) is 0 Å². The van der Waals surface area contributed by atoms with Gasteiger partial charge in [0.1, 0.15) is 24.7 Å². The molecule has 5 atom stereocenters. The number of aryl methyl sites for hydroxylation is 1. The van der Waals surface area contributed by atoms with Crippen LogP contribution < -0.4 is 21.3 Å². The van der Waals surface area contributed by atoms with Crippen LogP contribution in [-0.2, 0) is 51.1 Å². The van der Waals surface area contributed by atoms with E-state index in [1.807, 2.05) is 81.1 Å². The second-order valence-corrected chi connectivity index (χ2v) is 15.9. The lowest BCUT2D eigenvalue weighted by Gasteiger charge is -2.30. The molecule has 1 heterocycles. The predicted octanol–water partition coefficient (Wildman–Crippen LogP) is 2.50. The number of esters is 1. The second-order valence-electron chi connectivity index (χ2n) is 15.9. The van der Waals surface area contributed by atoms with E-state index in [1.165, 1.54) is 6.92 Å². The van der Waals surface area contributed by atoms with Crippen molar-refractivity contribution in [2.24, 2.45) is 11.8 Å². The van der Waals surface area contributed by atoms with Gasteiger partial charge in [0.15, 0.2) is 11.4 Å². The third-order valence-corrected chi connectivity index (χ3v) is 9.70. The maximum atomic E-state index is 14.2. The van der Waals surface area contributed by atoms with Gasteiger partial charge in [0.2, 0.25) is 23.6 Å². The molecule has 2 aromatic rings. The molecule has 3 rings (SSSR count). The topological polar surface area (TPSA) is 192 Å². The van der Waals surface area contributed by atoms with E-state index in [1.54, 1.807) is 12.1 Å². The number of carbonyl (C=O) groups excluding carboxylic acids is 6. The molecule has 2 aromatic carbocycles. The molecule has 0 aromatic heterocycles. The first-order chi connectivity index (χ1) is 27.0. The fraction of sp³-hybridized carbons (Fsp3) is 0.581. The number of morpholine rings is 1. The molecule has 1 aliphatic heterocycles. The number of Topliss-reactive ketones (excluding diaryl/α,β-unsaturated/α-hetero) is 1. The Morgan fingerprint density at radius 3 is 1.81 bits per heavy atom. The zero-order chi connectivity index (χ0) is 42.0. The van der Waals surface area contributed by atoms with Crippen LogP contribution in [0.25, 0.3) is 0 Å². The van der Waals surface area contributed by atoms with Crippen molar-refractivity contribution < 1.29 is 43.3 Å². The van der Waals surface area contributed by atoms with Crippen molar-refractivity contribution in [2.75, 3.05) is 39.5 Å². The lowest BCUT2D eigenvalue weighted by Crippen LogP contribution is -2.60. The molecule has 0 bridgehead atoms. The van der Waals surface area contributed by atoms with Gasteiger partial charge in [-0.15, -0.1) is 0 Å². The minimum Gasteiger partial charge on any atom is -0.462 e. The number of nitrogens with zero attached hydrogens (tertiary/aromatic N) is 1. The summed E-state index contributed by atoms with van der Waals surface area (Å²) in [7, 11) is 0. The van der Waals surface area contributed by atoms with E-state index in [2.05, 4.69) is 21.3 Å². The van der Waals surface area contributed by atoms with Crippen LogP contribution in [0.1, 0.15) is 78.4 Å². The van der Waals surface area contributed by atoms with Crippen molar-refractivity contribution in [3.05, 3.63) is 71.8 Å². The molecule has 0 aliphatic carbocycles. The molecule has 0 radical (unpaired) electrons. The van der Waals surface area contributed by atoms with Crippen molar-refractivity contribution >= 4 is 35.4 Å². The molecule has 14 heteroatoms. The quantitative estimate of drug-likeness (QED) is 0.105. The first kappa shape index (κ1) is 46.7. The van der Waals surface area contributed by atoms with Crippen LogP contribution >= 0.6 is 0 Å². The van der Waals surface area contributed by atoms with E-state index in [9.17, 15) is 33.9 Å². The fourth-order valence-electron chi connectivity index (χ4n) is 6.46. The summed E-state index contributed by atoms with van der Waals surface area (Å²) in [4.78, 5) is 82.6. The van der Waals surface area contributed by atoms with Gasteiger partial charge in [0.05, 0.1) is 25.8 Å². The third-order valence-electron chi connectivity index (χ3n) is 9.70. The van der Waals surface area contributed by atoms with Gasteiger partial charge in [0, 0.05) is 26.4 Å². The summed E-state index contributed by atoms with van der Waals surface area (Å²) in [5, 5.41) is 22.4. The van der Waals surface area contributed by atoms with Gasteiger partial charge in [0.25, 0.3) is 0 Å². The van der Waals surface area contributed by atoms with Crippen molar-refractivity contribution in [1.82, 2.24) is 26.2 Å². The van der Waals surface area contributed by atoms with Crippen molar-refractivity contribution in [3.63, 3.8) is 0 Å². The Hall–Kier alpha value is -4.66. The summed E-state index contributed by atoms with van der Waals surface area (Å²) in [5.41, 5.74) is -0.362. The molecule has 0 saturated carbocycles. The SMILES string of the molecule is CC(=O)OCC(C)(O)C(=O)C(CC(C)C)NC(=O)[C@H](Cc1ccccc1)NC(=O)[C@H](CCC(C)C)NC(=O)[C@H](CCc1ccccc1)NC(=O)CN1CCOCC1. The van der Waals surface area contributed by atoms with Crippen LogP contribution in [0, 0.1) is 11.8 Å². The first-order valence-electron chi connectivity index (χ1n) is 20.0. The number of rotatable bonds is 23. The van der Waals surface area contributed by atoms with E-state index in [0.29, 0.717) is 39.1 Å². The highest BCUT2D eigenvalue weighted by atomic mass is 16.5. The van der Waals surface area contributed by atoms with E-state index in [0.717, 1.165) is 18.1 Å². The van der Waals surface area contributed by atoms with E-state index in [-0.39, 0.29) is 50.0 Å². The molecule has 57 heavy (non-hydrogen) atoms. The number of ketones is 1. The van der Waals surface area contributed by atoms with Gasteiger partial charge < -0.3 is 35.8 Å². The lowest BCUT2D eigenvalue weighted by atomic mass is 9.90. The summed E-state index contributed by atoms with van der Waals surface area (Å²) in [5.74, 6) is -3.41. The third kappa shape index (κ3) is 17.2. The zero-order valence-corrected chi connectivity index (χ0v) is 34.4.